The summed E-state index contributed by atoms with van der Waals surface area (Å²) in [4.78, 5) is 0. The van der Waals surface area contributed by atoms with Gasteiger partial charge in [0.1, 0.15) is 17.4 Å². The quantitative estimate of drug-likeness (QED) is 0.858. The number of hydrogen-bond donors (Lipinski definition) is 1. The van der Waals surface area contributed by atoms with Crippen LogP contribution in [0.3, 0.4) is 0 Å². The third kappa shape index (κ3) is 3.89. The molecule has 19 heavy (non-hydrogen) atoms. The summed E-state index contributed by atoms with van der Waals surface area (Å²) in [5, 5.41) is 3.32. The lowest BCUT2D eigenvalue weighted by Gasteiger charge is -2.14. The summed E-state index contributed by atoms with van der Waals surface area (Å²) in [6.07, 6.45) is 3.11. The summed E-state index contributed by atoms with van der Waals surface area (Å²) in [6.45, 7) is 2.70. The van der Waals surface area contributed by atoms with Gasteiger partial charge in [0.15, 0.2) is 0 Å². The Bertz CT molecular complexity index is 491. The van der Waals surface area contributed by atoms with Crippen molar-refractivity contribution >= 4 is 0 Å². The van der Waals surface area contributed by atoms with Crippen LogP contribution in [0.4, 0.5) is 8.78 Å². The first-order valence-corrected chi connectivity index (χ1v) is 6.40. The van der Waals surface area contributed by atoms with E-state index in [4.69, 9.17) is 4.42 Å². The van der Waals surface area contributed by atoms with Gasteiger partial charge >= 0.3 is 0 Å². The third-order valence-corrected chi connectivity index (χ3v) is 3.02. The second kappa shape index (κ2) is 6.48. The molecular formula is C15H17F2NO. The standard InChI is InChI=1S/C15H17F2NO/c1-2-14(15-4-3-7-19-15)18-6-5-11-8-12(16)10-13(17)9-11/h3-4,7-10,14,18H,2,5-6H2,1H3. The van der Waals surface area contributed by atoms with Crippen molar-refractivity contribution in [1.82, 2.24) is 5.32 Å². The molecule has 2 aromatic rings. The van der Waals surface area contributed by atoms with Crippen LogP contribution in [0.1, 0.15) is 30.7 Å². The molecule has 0 spiro atoms. The van der Waals surface area contributed by atoms with E-state index in [0.29, 0.717) is 18.5 Å². The number of halogens is 2. The van der Waals surface area contributed by atoms with Crippen LogP contribution in [-0.4, -0.2) is 6.54 Å². The van der Waals surface area contributed by atoms with E-state index in [1.54, 1.807) is 6.26 Å². The van der Waals surface area contributed by atoms with Crippen molar-refractivity contribution in [3.8, 4) is 0 Å². The highest BCUT2D eigenvalue weighted by Crippen LogP contribution is 2.16. The number of nitrogens with one attached hydrogen (secondary N) is 1. The van der Waals surface area contributed by atoms with E-state index in [1.165, 1.54) is 12.1 Å². The Labute approximate surface area is 111 Å². The first kappa shape index (κ1) is 13.7. The van der Waals surface area contributed by atoms with Crippen molar-refractivity contribution in [3.63, 3.8) is 0 Å². The monoisotopic (exact) mass is 265 g/mol. The SMILES string of the molecule is CCC(NCCc1cc(F)cc(F)c1)c1ccco1. The Kier molecular flexibility index (Phi) is 4.68. The molecule has 1 unspecified atom stereocenters. The molecule has 0 amide bonds. The molecule has 0 aliphatic rings. The zero-order chi connectivity index (χ0) is 13.7. The van der Waals surface area contributed by atoms with Crippen molar-refractivity contribution < 1.29 is 13.2 Å². The minimum Gasteiger partial charge on any atom is -0.468 e. The zero-order valence-electron chi connectivity index (χ0n) is 10.8. The van der Waals surface area contributed by atoms with E-state index in [2.05, 4.69) is 12.2 Å². The van der Waals surface area contributed by atoms with Crippen molar-refractivity contribution in [2.24, 2.45) is 0 Å². The maximum absolute atomic E-state index is 13.0. The molecule has 0 aliphatic heterocycles. The van der Waals surface area contributed by atoms with E-state index < -0.39 is 11.6 Å². The van der Waals surface area contributed by atoms with Crippen molar-refractivity contribution in [3.05, 3.63) is 59.6 Å². The maximum Gasteiger partial charge on any atom is 0.126 e. The molecule has 1 aromatic heterocycles. The van der Waals surface area contributed by atoms with E-state index >= 15 is 0 Å². The number of hydrogen-bond acceptors (Lipinski definition) is 2. The van der Waals surface area contributed by atoms with Gasteiger partial charge in [0, 0.05) is 6.07 Å². The molecule has 1 N–H and O–H groups in total. The van der Waals surface area contributed by atoms with Gasteiger partial charge in [-0.3, -0.25) is 0 Å². The fourth-order valence-electron chi connectivity index (χ4n) is 2.08. The number of rotatable bonds is 6. The van der Waals surface area contributed by atoms with Crippen molar-refractivity contribution in [2.45, 2.75) is 25.8 Å². The molecule has 0 saturated heterocycles. The maximum atomic E-state index is 13.0. The van der Waals surface area contributed by atoms with E-state index in [9.17, 15) is 8.78 Å². The molecule has 0 fully saturated rings. The number of benzene rings is 1. The Morgan fingerprint density at radius 1 is 1.21 bits per heavy atom. The molecule has 0 bridgehead atoms. The van der Waals surface area contributed by atoms with E-state index in [1.807, 2.05) is 12.1 Å². The lowest BCUT2D eigenvalue weighted by Crippen LogP contribution is -2.22. The Morgan fingerprint density at radius 2 is 1.95 bits per heavy atom. The molecule has 1 aromatic carbocycles. The van der Waals surface area contributed by atoms with Gasteiger partial charge in [0.2, 0.25) is 0 Å². The number of furan rings is 1. The normalized spacial score (nSPS) is 12.6. The summed E-state index contributed by atoms with van der Waals surface area (Å²) >= 11 is 0. The molecule has 1 atom stereocenters. The van der Waals surface area contributed by atoms with Gasteiger partial charge in [-0.1, -0.05) is 6.92 Å². The van der Waals surface area contributed by atoms with Crippen LogP contribution >= 0.6 is 0 Å². The molecular weight excluding hydrogens is 248 g/mol. The molecule has 0 saturated carbocycles. The highest BCUT2D eigenvalue weighted by molar-refractivity contribution is 5.18. The topological polar surface area (TPSA) is 25.2 Å². The first-order valence-electron chi connectivity index (χ1n) is 6.40. The second-order valence-corrected chi connectivity index (χ2v) is 4.46. The second-order valence-electron chi connectivity index (χ2n) is 4.46. The fraction of sp³-hybridized carbons (Fsp3) is 0.333. The summed E-state index contributed by atoms with van der Waals surface area (Å²) < 4.78 is 31.4. The van der Waals surface area contributed by atoms with Gasteiger partial charge in [-0.15, -0.1) is 0 Å². The molecule has 0 radical (unpaired) electrons. The Balaban J connectivity index is 1.88. The highest BCUT2D eigenvalue weighted by Gasteiger charge is 2.10. The van der Waals surface area contributed by atoms with E-state index in [-0.39, 0.29) is 6.04 Å². The third-order valence-electron chi connectivity index (χ3n) is 3.02. The van der Waals surface area contributed by atoms with Crippen LogP contribution in [-0.2, 0) is 6.42 Å². The Hall–Kier alpha value is -1.68. The first-order chi connectivity index (χ1) is 9.19. The molecule has 102 valence electrons. The highest BCUT2D eigenvalue weighted by atomic mass is 19.1. The molecule has 0 aliphatic carbocycles. The van der Waals surface area contributed by atoms with Crippen LogP contribution < -0.4 is 5.32 Å². The largest absolute Gasteiger partial charge is 0.468 e. The Morgan fingerprint density at radius 3 is 2.53 bits per heavy atom. The van der Waals surface area contributed by atoms with Gasteiger partial charge in [0.25, 0.3) is 0 Å². The molecule has 1 heterocycles. The summed E-state index contributed by atoms with van der Waals surface area (Å²) in [5.41, 5.74) is 0.652. The lowest BCUT2D eigenvalue weighted by molar-refractivity contribution is 0.406. The van der Waals surface area contributed by atoms with Gasteiger partial charge in [-0.25, -0.2) is 8.78 Å². The summed E-state index contributed by atoms with van der Waals surface area (Å²) in [6, 6.07) is 7.50. The molecule has 2 rings (SSSR count). The van der Waals surface area contributed by atoms with E-state index in [0.717, 1.165) is 18.2 Å². The smallest absolute Gasteiger partial charge is 0.126 e. The van der Waals surface area contributed by atoms with Crippen LogP contribution in [0.5, 0.6) is 0 Å². The summed E-state index contributed by atoms with van der Waals surface area (Å²) in [5.74, 6) is -0.186. The molecule has 4 heteroatoms. The molecule has 2 nitrogen and oxygen atoms in total. The van der Waals surface area contributed by atoms with Gasteiger partial charge in [-0.2, -0.15) is 0 Å². The average molecular weight is 265 g/mol. The van der Waals surface area contributed by atoms with Gasteiger partial charge in [0.05, 0.1) is 12.3 Å². The lowest BCUT2D eigenvalue weighted by atomic mass is 10.1. The van der Waals surface area contributed by atoms with Gasteiger partial charge < -0.3 is 9.73 Å². The predicted octanol–water partition coefficient (Wildman–Crippen LogP) is 3.84. The van der Waals surface area contributed by atoms with Gasteiger partial charge in [-0.05, 0) is 49.2 Å². The zero-order valence-corrected chi connectivity index (χ0v) is 10.8. The minimum atomic E-state index is -0.534. The predicted molar refractivity (Wildman–Crippen MR) is 69.8 cm³/mol. The van der Waals surface area contributed by atoms with Crippen LogP contribution in [0.15, 0.2) is 41.0 Å². The van der Waals surface area contributed by atoms with Crippen molar-refractivity contribution in [1.29, 1.82) is 0 Å². The fourth-order valence-corrected chi connectivity index (χ4v) is 2.08. The average Bonchev–Trinajstić information content (AvgIpc) is 2.87. The minimum absolute atomic E-state index is 0.133. The van der Waals surface area contributed by atoms with Crippen LogP contribution in [0, 0.1) is 11.6 Å². The van der Waals surface area contributed by atoms with Crippen LogP contribution in [0.25, 0.3) is 0 Å². The van der Waals surface area contributed by atoms with Crippen molar-refractivity contribution in [2.75, 3.05) is 6.54 Å². The summed E-state index contributed by atoms with van der Waals surface area (Å²) in [7, 11) is 0. The van der Waals surface area contributed by atoms with Crippen LogP contribution in [0.2, 0.25) is 0 Å².